The molecule has 12 aromatic rings. The van der Waals surface area contributed by atoms with Crippen LogP contribution in [0.4, 0.5) is 13.2 Å². The summed E-state index contributed by atoms with van der Waals surface area (Å²) in [7, 11) is -9.64. The van der Waals surface area contributed by atoms with Crippen LogP contribution in [0.5, 0.6) is 0 Å². The predicted octanol–water partition coefficient (Wildman–Crippen LogP) is 7.37. The van der Waals surface area contributed by atoms with Gasteiger partial charge in [0.25, 0.3) is 35.4 Å². The van der Waals surface area contributed by atoms with Crippen LogP contribution in [-0.2, 0) is 101 Å². The van der Waals surface area contributed by atoms with Gasteiger partial charge in [0.05, 0.1) is 69.1 Å². The minimum atomic E-state index is -4.44. The lowest BCUT2D eigenvalue weighted by atomic mass is 10.1. The number of rotatable bonds is 7. The predicted molar refractivity (Wildman–Crippen MR) is 451 cm³/mol. The van der Waals surface area contributed by atoms with Crippen LogP contribution >= 0.6 is 23.2 Å². The van der Waals surface area contributed by atoms with Crippen LogP contribution in [0.25, 0.3) is 95.6 Å². The van der Waals surface area contributed by atoms with E-state index in [4.69, 9.17) is 34.7 Å². The molecule has 0 spiro atoms. The molecule has 0 radical (unpaired) electrons. The first kappa shape index (κ1) is 85.9. The van der Waals surface area contributed by atoms with Gasteiger partial charge in [-0.15, -0.1) is 6.42 Å². The van der Waals surface area contributed by atoms with Gasteiger partial charge in [-0.05, 0) is 177 Å². The molecule has 0 saturated heterocycles. The van der Waals surface area contributed by atoms with Crippen molar-refractivity contribution in [3.63, 3.8) is 0 Å². The Morgan fingerprint density at radius 3 is 1.12 bits per heavy atom. The summed E-state index contributed by atoms with van der Waals surface area (Å²) in [6.07, 6.45) is 14.1. The molecule has 0 aliphatic carbocycles. The molecule has 0 saturated carbocycles. The number of nitrogens with zero attached hydrogens (tertiary/aromatic N) is 12. The van der Waals surface area contributed by atoms with Gasteiger partial charge in [-0.2, -0.15) is 43.8 Å². The van der Waals surface area contributed by atoms with Crippen LogP contribution in [0.15, 0.2) is 177 Å². The maximum absolute atomic E-state index is 12.6. The highest BCUT2D eigenvalue weighted by Crippen LogP contribution is 2.34. The zero-order chi connectivity index (χ0) is 86.7. The Kier molecular flexibility index (Phi) is 26.5. The Morgan fingerprint density at radius 2 is 0.736 bits per heavy atom. The first-order valence-electron chi connectivity index (χ1n) is 33.8. The summed E-state index contributed by atoms with van der Waals surface area (Å²) in [4.78, 5) is 78.1. The number of halogens is 5. The van der Waals surface area contributed by atoms with Crippen LogP contribution in [0.2, 0.25) is 10.0 Å². The zero-order valence-electron chi connectivity index (χ0n) is 61.8. The molecule has 7 N–H and O–H groups in total. The third-order valence-corrected chi connectivity index (χ3v) is 23.3. The average Bonchev–Trinajstić information content (AvgIpc) is 1.60. The molecule has 6 aromatic carbocycles. The molecule has 121 heavy (non-hydrogen) atoms. The average molecular weight is 1780 g/mol. The number of hydrogen-bond acceptors (Lipinski definition) is 19. The third-order valence-electron chi connectivity index (χ3n) is 16.5. The molecule has 43 heteroatoms. The van der Waals surface area contributed by atoms with Crippen molar-refractivity contribution >= 4 is 226 Å². The smallest absolute Gasteiger partial charge is 0.416 e. The second-order valence-electron chi connectivity index (χ2n) is 24.3. The van der Waals surface area contributed by atoms with Crippen molar-refractivity contribution in [2.75, 3.05) is 0 Å². The van der Waals surface area contributed by atoms with Gasteiger partial charge in [0.15, 0.2) is 102 Å². The SMILES string of the molecule is C#CC#CC#CC#CC#CC#CC.Cc1cc2cnn(C3=CC(=O)NS3=O)c2cc1C.Cc1nn(C2=CC(=O)NS2=O)c2ccc(Cl)cc12.O=C1C=C(n2nc(C(=O)O)c3cc(Cl)ccc32)S(=O)N1.O=C1C=C(n2ncc3cc(C(F)(F)F)ccc32)S(=O)N1.O=C1C=C(n2ncc3ccccc32)S(=O)N1.O=C1C=C(n2ncc3ccccc32)S(=O)N1. The van der Waals surface area contributed by atoms with Gasteiger partial charge in [-0.3, -0.25) is 57.1 Å². The van der Waals surface area contributed by atoms with E-state index < -0.39 is 95.4 Å². The maximum Gasteiger partial charge on any atom is 0.416 e. The number of alkyl halides is 3. The van der Waals surface area contributed by atoms with E-state index in [0.717, 1.165) is 79.2 Å². The van der Waals surface area contributed by atoms with Crippen molar-refractivity contribution in [2.45, 2.75) is 33.9 Å². The zero-order valence-corrected chi connectivity index (χ0v) is 68.2. The van der Waals surface area contributed by atoms with Crippen LogP contribution in [0.1, 0.15) is 39.8 Å². The minimum Gasteiger partial charge on any atom is -0.476 e. The molecular formula is C78H49Cl2F3N18O14S6. The molecule has 6 aliphatic heterocycles. The van der Waals surface area contributed by atoms with E-state index in [9.17, 15) is 72.0 Å². The molecule has 606 valence electrons. The Bertz CT molecular complexity index is 7150. The number of aromatic carboxylic acids is 1. The summed E-state index contributed by atoms with van der Waals surface area (Å²) >= 11 is 11.8. The van der Waals surface area contributed by atoms with E-state index in [1.54, 1.807) is 60.5 Å². The van der Waals surface area contributed by atoms with E-state index in [0.29, 0.717) is 46.6 Å². The second-order valence-corrected chi connectivity index (χ2v) is 32.2. The quantitative estimate of drug-likeness (QED) is 0.0765. The number of aromatic nitrogens is 12. The fraction of sp³-hybridized carbons (Fsp3) is 0.0641. The number of terminal acetylenes is 1. The second kappa shape index (κ2) is 37.4. The van der Waals surface area contributed by atoms with Crippen molar-refractivity contribution in [3.8, 4) is 71.5 Å². The van der Waals surface area contributed by atoms with E-state index in [1.807, 2.05) is 81.4 Å². The number of fused-ring (bicyclic) bond motifs is 6. The van der Waals surface area contributed by atoms with E-state index >= 15 is 0 Å². The molecule has 6 amide bonds. The lowest BCUT2D eigenvalue weighted by molar-refractivity contribution is -0.137. The number of nitrogens with one attached hydrogen (secondary N) is 6. The molecule has 6 atom stereocenters. The lowest BCUT2D eigenvalue weighted by Gasteiger charge is -2.07. The minimum absolute atomic E-state index is 0.0785. The number of hydrogen-bond donors (Lipinski definition) is 7. The molecule has 0 bridgehead atoms. The number of carbonyl (C=O) groups excluding carboxylic acids is 6. The molecule has 0 fully saturated rings. The van der Waals surface area contributed by atoms with Crippen LogP contribution in [0, 0.1) is 92.3 Å². The van der Waals surface area contributed by atoms with Crippen LogP contribution in [0.3, 0.4) is 0 Å². The topological polar surface area (TPSA) is 421 Å². The number of carboxylic acids is 1. The number of aryl methyl sites for hydroxylation is 3. The van der Waals surface area contributed by atoms with Gasteiger partial charge in [-0.25, -0.2) is 58.1 Å². The Hall–Kier alpha value is -14.5. The number of benzene rings is 6. The Labute approximate surface area is 705 Å². The van der Waals surface area contributed by atoms with Gasteiger partial charge in [0.2, 0.25) is 0 Å². The van der Waals surface area contributed by atoms with E-state index in [-0.39, 0.29) is 44.8 Å². The fourth-order valence-electron chi connectivity index (χ4n) is 11.2. The van der Waals surface area contributed by atoms with Gasteiger partial charge in [-0.1, -0.05) is 65.5 Å². The van der Waals surface area contributed by atoms with Crippen molar-refractivity contribution in [1.29, 1.82) is 0 Å². The maximum atomic E-state index is 12.6. The fourth-order valence-corrected chi connectivity index (χ4v) is 16.7. The van der Waals surface area contributed by atoms with Crippen LogP contribution < -0.4 is 28.3 Å². The Morgan fingerprint density at radius 1 is 0.405 bits per heavy atom. The van der Waals surface area contributed by atoms with Gasteiger partial charge >= 0.3 is 12.1 Å². The van der Waals surface area contributed by atoms with Gasteiger partial charge < -0.3 is 5.11 Å². The first-order valence-corrected chi connectivity index (χ1v) is 41.5. The molecule has 6 aliphatic rings. The number of carbonyl (C=O) groups is 7. The summed E-state index contributed by atoms with van der Waals surface area (Å²) in [5, 5.41) is 40.6. The summed E-state index contributed by atoms with van der Waals surface area (Å²) in [6.45, 7) is 7.58. The molecule has 18 rings (SSSR count). The highest BCUT2D eigenvalue weighted by molar-refractivity contribution is 7.95. The van der Waals surface area contributed by atoms with Crippen molar-refractivity contribution in [3.05, 3.63) is 215 Å². The molecule has 6 aromatic heterocycles. The van der Waals surface area contributed by atoms with Gasteiger partial charge in [0.1, 0.15) is 0 Å². The first-order chi connectivity index (χ1) is 57.9. The molecule has 12 heterocycles. The van der Waals surface area contributed by atoms with Crippen molar-refractivity contribution in [2.24, 2.45) is 0 Å². The summed E-state index contributed by atoms with van der Waals surface area (Å²) < 4.78 is 130. The number of para-hydroxylation sites is 2. The largest absolute Gasteiger partial charge is 0.476 e. The normalized spacial score (nSPS) is 17.5. The Balaban J connectivity index is 0.000000130. The lowest BCUT2D eigenvalue weighted by Crippen LogP contribution is -2.17. The summed E-state index contributed by atoms with van der Waals surface area (Å²) in [5.41, 5.74) is 6.10. The highest BCUT2D eigenvalue weighted by atomic mass is 35.5. The standard InChI is InChI=1S/C13H4.C12H11N3O2S.C11H6ClN3O4S.C11H8ClN3O2S.C11H6F3N3O2S.2C10H7N3O2S/c1-3-5-7-9-11-13-12-10-8-6-4-2;1-7-3-9-6-13-15(10(9)4-8(7)2)12-5-11(16)14-18(12)17;12-5-1-2-7-6(3-5)10(11(17)18)13-15(7)9-4-8(16)14-20(9)19;1-6-8-4-7(12)2-3-9(8)15(13-6)11-5-10(16)14-18(11)17;12-11(13,14)7-1-2-8-6(3-7)5-15-17(8)10-4-9(18)16-20(10)19;2*14-9-5-10(16(15)12-9)13-8-4-2-1-3-7(8)6-11-13/h1H,2H3;3-6H,1-2H3,(H,14,16);1-4H,(H,14,16)(H,17,18);2-5H,1H3,(H,14,16);1-5H,(H,16,18);2*1-6H,(H,12,14). The van der Waals surface area contributed by atoms with E-state index in [2.05, 4.69) is 124 Å². The van der Waals surface area contributed by atoms with Crippen molar-refractivity contribution in [1.82, 2.24) is 87.0 Å². The number of amides is 6. The van der Waals surface area contributed by atoms with Gasteiger partial charge in [0, 0.05) is 78.8 Å². The third kappa shape index (κ3) is 19.9. The number of carboxylic acid groups (broad SMARTS) is 1. The monoisotopic (exact) mass is 1780 g/mol. The van der Waals surface area contributed by atoms with Crippen molar-refractivity contribution < 1.29 is 77.1 Å². The van der Waals surface area contributed by atoms with Crippen LogP contribution in [-0.4, -0.2) is 130 Å². The summed E-state index contributed by atoms with van der Waals surface area (Å²) in [5.74, 6) is 23.2. The molecule has 6 unspecified atom stereocenters. The molecule has 32 nitrogen and oxygen atoms in total. The summed E-state index contributed by atoms with van der Waals surface area (Å²) in [6, 6.07) is 32.1. The highest BCUT2D eigenvalue weighted by Gasteiger charge is 2.33. The molecular weight excluding hydrogens is 1730 g/mol. The van der Waals surface area contributed by atoms with E-state index in [1.165, 1.54) is 71.6 Å².